The van der Waals surface area contributed by atoms with Crippen molar-refractivity contribution in [1.82, 2.24) is 4.68 Å². The Hall–Kier alpha value is -2.03. The Bertz CT molecular complexity index is 434. The second-order valence-electron chi connectivity index (χ2n) is 3.24. The largest absolute Gasteiger partial charge is 0.321 e. The summed E-state index contributed by atoms with van der Waals surface area (Å²) < 4.78 is 1.72. The van der Waals surface area contributed by atoms with Crippen molar-refractivity contribution in [2.75, 3.05) is 5.43 Å². The quantitative estimate of drug-likeness (QED) is 0.766. The molecule has 1 heterocycles. The first-order valence-electron chi connectivity index (χ1n) is 4.80. The summed E-state index contributed by atoms with van der Waals surface area (Å²) in [6, 6.07) is 13.7. The van der Waals surface area contributed by atoms with Gasteiger partial charge in [-0.3, -0.25) is 9.47 Å². The second kappa shape index (κ2) is 4.46. The van der Waals surface area contributed by atoms with Crippen molar-refractivity contribution < 1.29 is 4.79 Å². The van der Waals surface area contributed by atoms with Crippen LogP contribution in [0.25, 0.3) is 0 Å². The first-order chi connectivity index (χ1) is 7.40. The number of aldehydes is 1. The van der Waals surface area contributed by atoms with Crippen molar-refractivity contribution in [3.63, 3.8) is 0 Å². The number of benzene rings is 1. The van der Waals surface area contributed by atoms with E-state index in [1.807, 2.05) is 42.6 Å². The average molecular weight is 200 g/mol. The highest BCUT2D eigenvalue weighted by atomic mass is 16.1. The molecule has 0 spiro atoms. The number of aromatic nitrogens is 1. The smallest absolute Gasteiger partial charge is 0.168 e. The Morgan fingerprint density at radius 3 is 2.67 bits per heavy atom. The summed E-state index contributed by atoms with van der Waals surface area (Å²) in [5, 5.41) is 0. The summed E-state index contributed by atoms with van der Waals surface area (Å²) in [6.07, 6.45) is 2.66. The van der Waals surface area contributed by atoms with Crippen molar-refractivity contribution in [3.8, 4) is 0 Å². The lowest BCUT2D eigenvalue weighted by molar-refractivity contribution is 0.111. The minimum absolute atomic E-state index is 0.630. The molecule has 2 aromatic rings. The number of rotatable bonds is 4. The van der Waals surface area contributed by atoms with E-state index in [0.717, 1.165) is 6.29 Å². The molecule has 0 atom stereocenters. The maximum atomic E-state index is 10.6. The van der Waals surface area contributed by atoms with E-state index in [0.29, 0.717) is 12.2 Å². The van der Waals surface area contributed by atoms with Gasteiger partial charge in [0.25, 0.3) is 0 Å². The number of hydrogen-bond acceptors (Lipinski definition) is 2. The van der Waals surface area contributed by atoms with E-state index < -0.39 is 0 Å². The molecule has 0 amide bonds. The Balaban J connectivity index is 2.02. The zero-order valence-corrected chi connectivity index (χ0v) is 8.26. The third kappa shape index (κ3) is 2.26. The maximum Gasteiger partial charge on any atom is 0.168 e. The van der Waals surface area contributed by atoms with Gasteiger partial charge in [-0.05, 0) is 17.7 Å². The normalized spacial score (nSPS) is 9.87. The van der Waals surface area contributed by atoms with Crippen LogP contribution in [-0.2, 0) is 6.54 Å². The lowest BCUT2D eigenvalue weighted by atomic mass is 10.2. The highest BCUT2D eigenvalue weighted by molar-refractivity contribution is 5.72. The monoisotopic (exact) mass is 200 g/mol. The number of carbonyl (C=O) groups excluding carboxylic acids is 1. The predicted molar refractivity (Wildman–Crippen MR) is 59.3 cm³/mol. The molecule has 0 radical (unpaired) electrons. The molecule has 15 heavy (non-hydrogen) atoms. The molecule has 0 aliphatic rings. The van der Waals surface area contributed by atoms with Gasteiger partial charge in [-0.1, -0.05) is 30.3 Å². The molecule has 0 unspecified atom stereocenters. The van der Waals surface area contributed by atoms with Crippen molar-refractivity contribution >= 4 is 6.29 Å². The fraction of sp³-hybridized carbons (Fsp3) is 0.0833. The average Bonchev–Trinajstić information content (AvgIpc) is 2.75. The fourth-order valence-electron chi connectivity index (χ4n) is 1.41. The number of nitrogens with zero attached hydrogens (tertiary/aromatic N) is 1. The van der Waals surface area contributed by atoms with E-state index in [1.54, 1.807) is 10.7 Å². The van der Waals surface area contributed by atoms with Gasteiger partial charge in [0.2, 0.25) is 0 Å². The van der Waals surface area contributed by atoms with E-state index in [2.05, 4.69) is 5.43 Å². The summed E-state index contributed by atoms with van der Waals surface area (Å²) >= 11 is 0. The molecular weight excluding hydrogens is 188 g/mol. The maximum absolute atomic E-state index is 10.6. The third-order valence-electron chi connectivity index (χ3n) is 2.20. The zero-order valence-electron chi connectivity index (χ0n) is 8.26. The molecule has 3 heteroatoms. The van der Waals surface area contributed by atoms with E-state index in [-0.39, 0.29) is 0 Å². The van der Waals surface area contributed by atoms with Gasteiger partial charge in [0.1, 0.15) is 5.69 Å². The Labute approximate surface area is 88.3 Å². The molecule has 0 fully saturated rings. The van der Waals surface area contributed by atoms with Crippen LogP contribution in [-0.4, -0.2) is 11.0 Å². The van der Waals surface area contributed by atoms with Crippen LogP contribution in [0.3, 0.4) is 0 Å². The van der Waals surface area contributed by atoms with Crippen LogP contribution in [0, 0.1) is 0 Å². The van der Waals surface area contributed by atoms with E-state index >= 15 is 0 Å². The molecule has 1 aromatic carbocycles. The van der Waals surface area contributed by atoms with Gasteiger partial charge in [-0.15, -0.1) is 0 Å². The van der Waals surface area contributed by atoms with Crippen LogP contribution >= 0.6 is 0 Å². The van der Waals surface area contributed by atoms with Crippen LogP contribution in [0.5, 0.6) is 0 Å². The van der Waals surface area contributed by atoms with Crippen molar-refractivity contribution in [1.29, 1.82) is 0 Å². The summed E-state index contributed by atoms with van der Waals surface area (Å²) in [4.78, 5) is 10.6. The molecule has 0 bridgehead atoms. The van der Waals surface area contributed by atoms with Gasteiger partial charge in [0.05, 0.1) is 6.54 Å². The molecule has 3 nitrogen and oxygen atoms in total. The topological polar surface area (TPSA) is 34.0 Å². The van der Waals surface area contributed by atoms with Crippen molar-refractivity contribution in [3.05, 3.63) is 59.9 Å². The highest BCUT2D eigenvalue weighted by Gasteiger charge is 1.97. The summed E-state index contributed by atoms with van der Waals surface area (Å²) in [6.45, 7) is 0.705. The Morgan fingerprint density at radius 2 is 1.93 bits per heavy atom. The third-order valence-corrected chi connectivity index (χ3v) is 2.20. The molecule has 1 aromatic heterocycles. The molecule has 76 valence electrons. The van der Waals surface area contributed by atoms with E-state index in [1.165, 1.54) is 5.56 Å². The van der Waals surface area contributed by atoms with Gasteiger partial charge in [0, 0.05) is 6.20 Å². The lowest BCUT2D eigenvalue weighted by Gasteiger charge is -2.08. The van der Waals surface area contributed by atoms with Gasteiger partial charge in [0.15, 0.2) is 6.29 Å². The van der Waals surface area contributed by atoms with E-state index in [4.69, 9.17) is 0 Å². The summed E-state index contributed by atoms with van der Waals surface area (Å²) in [7, 11) is 0. The van der Waals surface area contributed by atoms with Gasteiger partial charge in [-0.2, -0.15) is 0 Å². The zero-order chi connectivity index (χ0) is 10.5. The van der Waals surface area contributed by atoms with E-state index in [9.17, 15) is 4.79 Å². The standard InChI is InChI=1S/C12H12N2O/c15-10-12-7-4-8-14(12)13-9-11-5-2-1-3-6-11/h1-8,10,13H,9H2. The summed E-state index contributed by atoms with van der Waals surface area (Å²) in [5.74, 6) is 0. The first-order valence-corrected chi connectivity index (χ1v) is 4.80. The summed E-state index contributed by atoms with van der Waals surface area (Å²) in [5.41, 5.74) is 4.96. The minimum atomic E-state index is 0.630. The minimum Gasteiger partial charge on any atom is -0.321 e. The first kappa shape index (κ1) is 9.52. The molecule has 0 aliphatic carbocycles. The van der Waals surface area contributed by atoms with Gasteiger partial charge < -0.3 is 5.43 Å². The molecule has 0 saturated carbocycles. The van der Waals surface area contributed by atoms with Crippen molar-refractivity contribution in [2.24, 2.45) is 0 Å². The van der Waals surface area contributed by atoms with Crippen LogP contribution in [0.15, 0.2) is 48.7 Å². The molecule has 0 aliphatic heterocycles. The van der Waals surface area contributed by atoms with Gasteiger partial charge in [-0.25, -0.2) is 0 Å². The Kier molecular flexibility index (Phi) is 2.83. The highest BCUT2D eigenvalue weighted by Crippen LogP contribution is 2.00. The molecular formula is C12H12N2O. The van der Waals surface area contributed by atoms with Crippen LogP contribution < -0.4 is 5.43 Å². The predicted octanol–water partition coefficient (Wildman–Crippen LogP) is 2.04. The molecule has 1 N–H and O–H groups in total. The molecule has 0 saturated heterocycles. The van der Waals surface area contributed by atoms with Crippen molar-refractivity contribution in [2.45, 2.75) is 6.54 Å². The second-order valence-corrected chi connectivity index (χ2v) is 3.24. The number of carbonyl (C=O) groups is 1. The lowest BCUT2D eigenvalue weighted by Crippen LogP contribution is -2.15. The van der Waals surface area contributed by atoms with Crippen LogP contribution in [0.2, 0.25) is 0 Å². The number of hydrogen-bond donors (Lipinski definition) is 1. The fourth-order valence-corrected chi connectivity index (χ4v) is 1.41. The Morgan fingerprint density at radius 1 is 1.13 bits per heavy atom. The van der Waals surface area contributed by atoms with Crippen LogP contribution in [0.1, 0.15) is 16.1 Å². The van der Waals surface area contributed by atoms with Crippen LogP contribution in [0.4, 0.5) is 0 Å². The number of nitrogens with one attached hydrogen (secondary N) is 1. The van der Waals surface area contributed by atoms with Gasteiger partial charge >= 0.3 is 0 Å². The molecule has 2 rings (SSSR count). The SMILES string of the molecule is O=Cc1cccn1NCc1ccccc1.